The molecule has 0 bridgehead atoms. The van der Waals surface area contributed by atoms with E-state index in [2.05, 4.69) is 198 Å². The maximum absolute atomic E-state index is 6.72. The number of para-hydroxylation sites is 4. The summed E-state index contributed by atoms with van der Waals surface area (Å²) >= 11 is 0. The number of fused-ring (bicyclic) bond motifs is 9. The Bertz CT molecular complexity index is 2990. The molecule has 0 radical (unpaired) electrons. The van der Waals surface area contributed by atoms with Crippen molar-refractivity contribution >= 4 is 60.8 Å². The molecule has 11 rings (SSSR count). The third-order valence-electron chi connectivity index (χ3n) is 11.5. The van der Waals surface area contributed by atoms with Crippen LogP contribution in [0.3, 0.4) is 0 Å². The minimum atomic E-state index is -0.326. The molecule has 1 aliphatic carbocycles. The van der Waals surface area contributed by atoms with Crippen LogP contribution in [0.15, 0.2) is 192 Å². The minimum absolute atomic E-state index is 0.326. The second kappa shape index (κ2) is 11.3. The molecule has 2 heterocycles. The normalized spacial score (nSPS) is 13.2. The number of anilines is 3. The first kappa shape index (κ1) is 29.8. The summed E-state index contributed by atoms with van der Waals surface area (Å²) < 4.78 is 9.09. The Labute approximate surface area is 307 Å². The van der Waals surface area contributed by atoms with Crippen LogP contribution in [0.1, 0.15) is 23.6 Å². The van der Waals surface area contributed by atoms with Gasteiger partial charge in [-0.15, -0.1) is 0 Å². The van der Waals surface area contributed by atoms with E-state index < -0.39 is 0 Å². The van der Waals surface area contributed by atoms with Gasteiger partial charge in [-0.1, -0.05) is 127 Å². The summed E-state index contributed by atoms with van der Waals surface area (Å²) in [7, 11) is 0. The van der Waals surface area contributed by atoms with E-state index in [-0.39, 0.29) is 5.41 Å². The maximum atomic E-state index is 6.72. The predicted molar refractivity (Wildman–Crippen MR) is 220 cm³/mol. The lowest BCUT2D eigenvalue weighted by Crippen LogP contribution is -2.23. The molecule has 0 atom stereocenters. The zero-order valence-corrected chi connectivity index (χ0v) is 29.2. The van der Waals surface area contributed by atoms with E-state index in [0.717, 1.165) is 44.7 Å². The van der Waals surface area contributed by atoms with Gasteiger partial charge < -0.3 is 13.9 Å². The first-order valence-electron chi connectivity index (χ1n) is 18.3. The number of hydrogen-bond donors (Lipinski definition) is 0. The molecular weight excluding hydrogens is 645 g/mol. The molecule has 0 saturated heterocycles. The lowest BCUT2D eigenvalue weighted by Gasteiger charge is -2.31. The molecular formula is C50H34N2O. The molecule has 0 unspecified atom stereocenters. The van der Waals surface area contributed by atoms with Gasteiger partial charge in [-0.3, -0.25) is 0 Å². The Hall–Kier alpha value is -6.84. The van der Waals surface area contributed by atoms with Gasteiger partial charge in [-0.2, -0.15) is 0 Å². The Morgan fingerprint density at radius 2 is 1.09 bits per heavy atom. The van der Waals surface area contributed by atoms with Crippen molar-refractivity contribution in [2.75, 3.05) is 4.90 Å². The van der Waals surface area contributed by atoms with Gasteiger partial charge in [0, 0.05) is 44.0 Å². The van der Waals surface area contributed by atoms with Crippen LogP contribution in [0.4, 0.5) is 17.1 Å². The van der Waals surface area contributed by atoms with Crippen LogP contribution in [0.5, 0.6) is 0 Å². The third kappa shape index (κ3) is 4.28. The largest absolute Gasteiger partial charge is 0.454 e. The number of aromatic nitrogens is 1. The van der Waals surface area contributed by atoms with Crippen LogP contribution in [0.25, 0.3) is 60.6 Å². The third-order valence-corrected chi connectivity index (χ3v) is 11.5. The van der Waals surface area contributed by atoms with Gasteiger partial charge in [0.1, 0.15) is 5.58 Å². The number of rotatable bonds is 5. The van der Waals surface area contributed by atoms with Crippen molar-refractivity contribution in [1.82, 2.24) is 4.57 Å². The molecule has 0 aliphatic heterocycles. The minimum Gasteiger partial charge on any atom is -0.454 e. The number of benzene rings is 8. The number of hydrogen-bond acceptors (Lipinski definition) is 2. The van der Waals surface area contributed by atoms with Gasteiger partial charge in [0.05, 0.1) is 16.7 Å². The van der Waals surface area contributed by atoms with E-state index in [1.54, 1.807) is 0 Å². The molecule has 0 amide bonds. The first-order chi connectivity index (χ1) is 26.2. The summed E-state index contributed by atoms with van der Waals surface area (Å²) in [4.78, 5) is 2.39. The number of furan rings is 1. The summed E-state index contributed by atoms with van der Waals surface area (Å²) in [5.41, 5.74) is 14.6. The lowest BCUT2D eigenvalue weighted by molar-refractivity contribution is 0.669. The second-order valence-electron chi connectivity index (χ2n) is 14.2. The zero-order chi connectivity index (χ0) is 35.1. The fourth-order valence-electron chi connectivity index (χ4n) is 9.01. The topological polar surface area (TPSA) is 21.3 Å². The average molecular weight is 679 g/mol. The van der Waals surface area contributed by atoms with Crippen LogP contribution in [0, 0.1) is 0 Å². The molecule has 0 fully saturated rings. The van der Waals surface area contributed by atoms with Gasteiger partial charge in [0.25, 0.3) is 0 Å². The van der Waals surface area contributed by atoms with Crippen molar-refractivity contribution in [2.24, 2.45) is 0 Å². The average Bonchev–Trinajstić information content (AvgIpc) is 3.86. The Kier molecular flexibility index (Phi) is 6.38. The smallest absolute Gasteiger partial charge is 0.159 e. The van der Waals surface area contributed by atoms with E-state index in [1.165, 1.54) is 49.6 Å². The molecule has 10 aromatic rings. The van der Waals surface area contributed by atoms with E-state index in [9.17, 15) is 0 Å². The van der Waals surface area contributed by atoms with Crippen LogP contribution >= 0.6 is 0 Å². The van der Waals surface area contributed by atoms with Crippen LogP contribution in [-0.2, 0) is 5.41 Å². The van der Waals surface area contributed by atoms with Crippen molar-refractivity contribution in [3.63, 3.8) is 0 Å². The van der Waals surface area contributed by atoms with Crippen molar-refractivity contribution in [3.8, 4) is 16.8 Å². The molecule has 3 heteroatoms. The SMILES string of the molecule is CC1(c2cccc(N(c3ccc4c(c3)c3ccccc3n4-c3ccccc3)c3cccc4c3oc3ccccc34)c2)c2ccccc2-c2ccccc21. The van der Waals surface area contributed by atoms with E-state index >= 15 is 0 Å². The summed E-state index contributed by atoms with van der Waals surface area (Å²) in [6.07, 6.45) is 0. The number of nitrogens with zero attached hydrogens (tertiary/aromatic N) is 2. The second-order valence-corrected chi connectivity index (χ2v) is 14.2. The highest BCUT2D eigenvalue weighted by Gasteiger charge is 2.40. The zero-order valence-electron chi connectivity index (χ0n) is 29.2. The Balaban J connectivity index is 1.18. The molecule has 0 spiro atoms. The lowest BCUT2D eigenvalue weighted by atomic mass is 9.74. The van der Waals surface area contributed by atoms with Gasteiger partial charge in [-0.05, 0) is 95.4 Å². The highest BCUT2D eigenvalue weighted by molar-refractivity contribution is 6.13. The summed E-state index contributed by atoms with van der Waals surface area (Å²) in [6, 6.07) is 68.0. The summed E-state index contributed by atoms with van der Waals surface area (Å²) in [5.74, 6) is 0. The Morgan fingerprint density at radius 1 is 0.472 bits per heavy atom. The quantitative estimate of drug-likeness (QED) is 0.181. The first-order valence-corrected chi connectivity index (χ1v) is 18.3. The van der Waals surface area contributed by atoms with Gasteiger partial charge in [0.15, 0.2) is 5.58 Å². The van der Waals surface area contributed by atoms with Crippen molar-refractivity contribution in [1.29, 1.82) is 0 Å². The highest BCUT2D eigenvalue weighted by atomic mass is 16.3. The van der Waals surface area contributed by atoms with Crippen LogP contribution in [-0.4, -0.2) is 4.57 Å². The van der Waals surface area contributed by atoms with E-state index in [0.29, 0.717) is 0 Å². The Morgan fingerprint density at radius 3 is 1.91 bits per heavy atom. The molecule has 0 saturated carbocycles. The molecule has 2 aromatic heterocycles. The summed E-state index contributed by atoms with van der Waals surface area (Å²) in [6.45, 7) is 2.38. The molecule has 0 N–H and O–H groups in total. The highest BCUT2D eigenvalue weighted by Crippen LogP contribution is 2.53. The molecule has 1 aliphatic rings. The maximum Gasteiger partial charge on any atom is 0.159 e. The van der Waals surface area contributed by atoms with Crippen molar-refractivity contribution in [2.45, 2.75) is 12.3 Å². The van der Waals surface area contributed by atoms with Crippen molar-refractivity contribution < 1.29 is 4.42 Å². The molecule has 250 valence electrons. The van der Waals surface area contributed by atoms with Gasteiger partial charge in [-0.25, -0.2) is 0 Å². The van der Waals surface area contributed by atoms with Crippen LogP contribution < -0.4 is 4.90 Å². The molecule has 53 heavy (non-hydrogen) atoms. The molecule has 8 aromatic carbocycles. The van der Waals surface area contributed by atoms with Gasteiger partial charge >= 0.3 is 0 Å². The standard InChI is InChI=1S/C50H34N2O/c1-50(43-24-9-5-19-37(43)38-20-6-10-25-44(38)50)33-15-13-18-35(31-33)51(47-27-14-23-41-40-22-8-12-28-48(40)53-49(41)47)36-29-30-46-42(32-36)39-21-7-11-26-45(39)52(46)34-16-3-2-4-17-34/h2-32H,1H3. The van der Waals surface area contributed by atoms with Crippen molar-refractivity contribution in [3.05, 3.63) is 205 Å². The van der Waals surface area contributed by atoms with E-state index in [1.807, 2.05) is 6.07 Å². The molecule has 3 nitrogen and oxygen atoms in total. The fourth-order valence-corrected chi connectivity index (χ4v) is 9.01. The summed E-state index contributed by atoms with van der Waals surface area (Å²) in [5, 5.41) is 4.64. The monoisotopic (exact) mass is 678 g/mol. The van der Waals surface area contributed by atoms with Crippen LogP contribution in [0.2, 0.25) is 0 Å². The predicted octanol–water partition coefficient (Wildman–Crippen LogP) is 13.5. The van der Waals surface area contributed by atoms with E-state index in [4.69, 9.17) is 4.42 Å². The fraction of sp³-hybridized carbons (Fsp3) is 0.0400. The van der Waals surface area contributed by atoms with Gasteiger partial charge in [0.2, 0.25) is 0 Å².